The number of esters is 2. The monoisotopic (exact) mass is 395 g/mol. The molecular formula is C17H21N3O6S. The van der Waals surface area contributed by atoms with Crippen molar-refractivity contribution in [2.45, 2.75) is 37.8 Å². The second kappa shape index (κ2) is 8.03. The van der Waals surface area contributed by atoms with Crippen molar-refractivity contribution in [3.05, 3.63) is 16.1 Å². The van der Waals surface area contributed by atoms with Gasteiger partial charge < -0.3 is 19.3 Å². The first kappa shape index (κ1) is 19.3. The smallest absolute Gasteiger partial charge is 0.396 e. The molecule has 0 radical (unpaired) electrons. The minimum absolute atomic E-state index is 0.276. The summed E-state index contributed by atoms with van der Waals surface area (Å²) in [6, 6.07) is -0.561. The molecule has 3 heterocycles. The van der Waals surface area contributed by atoms with Gasteiger partial charge in [0, 0.05) is 18.5 Å². The highest BCUT2D eigenvalue weighted by atomic mass is 32.1. The van der Waals surface area contributed by atoms with Gasteiger partial charge in [-0.15, -0.1) is 11.3 Å². The Hall–Kier alpha value is -2.49. The largest absolute Gasteiger partial charge is 0.462 e. The molecule has 27 heavy (non-hydrogen) atoms. The van der Waals surface area contributed by atoms with Gasteiger partial charge in [0.05, 0.1) is 32.0 Å². The van der Waals surface area contributed by atoms with Gasteiger partial charge in [-0.2, -0.15) is 0 Å². The number of methoxy groups -OCH3 is 2. The molecule has 146 valence electrons. The Labute approximate surface area is 160 Å². The molecule has 2 atom stereocenters. The molecule has 2 amide bonds. The summed E-state index contributed by atoms with van der Waals surface area (Å²) >= 11 is 1.39. The Kier molecular flexibility index (Phi) is 5.73. The van der Waals surface area contributed by atoms with Crippen LogP contribution in [0, 0.1) is 0 Å². The number of carbonyl (C=O) groups excluding carboxylic acids is 4. The minimum Gasteiger partial charge on any atom is -0.462 e. The van der Waals surface area contributed by atoms with Crippen LogP contribution < -0.4 is 0 Å². The summed E-state index contributed by atoms with van der Waals surface area (Å²) in [7, 11) is 2.36. The summed E-state index contributed by atoms with van der Waals surface area (Å²) in [4.78, 5) is 55.2. The van der Waals surface area contributed by atoms with Crippen molar-refractivity contribution >= 4 is 35.1 Å². The van der Waals surface area contributed by atoms with Crippen LogP contribution in [-0.4, -0.2) is 65.8 Å². The number of nitrogens with zero attached hydrogens (tertiary/aromatic N) is 3. The maximum Gasteiger partial charge on any atom is 0.396 e. The van der Waals surface area contributed by atoms with Crippen LogP contribution in [0.2, 0.25) is 0 Å². The molecule has 0 bridgehead atoms. The maximum atomic E-state index is 12.2. The number of rotatable bonds is 2. The third kappa shape index (κ3) is 3.66. The van der Waals surface area contributed by atoms with E-state index in [0.29, 0.717) is 31.6 Å². The number of thiazole rings is 1. The molecular weight excluding hydrogens is 374 g/mol. The van der Waals surface area contributed by atoms with E-state index >= 15 is 0 Å². The topological polar surface area (TPSA) is 106 Å². The SMILES string of the molecule is COC(=O)C(=O)N1CCCC1c1csc(C2CCCN2C(=O)C(=O)OC)n1. The molecule has 9 nitrogen and oxygen atoms in total. The molecule has 10 heteroatoms. The summed E-state index contributed by atoms with van der Waals surface area (Å²) in [6.07, 6.45) is 2.97. The Balaban J connectivity index is 1.78. The predicted molar refractivity (Wildman–Crippen MR) is 93.5 cm³/mol. The number of hydrogen-bond acceptors (Lipinski definition) is 8. The average Bonchev–Trinajstić information content (AvgIpc) is 3.43. The highest BCUT2D eigenvalue weighted by Gasteiger charge is 2.38. The molecule has 0 N–H and O–H groups in total. The number of likely N-dealkylation sites (tertiary alicyclic amines) is 2. The number of aromatic nitrogens is 1. The van der Waals surface area contributed by atoms with Crippen LogP contribution in [0.15, 0.2) is 5.38 Å². The van der Waals surface area contributed by atoms with Gasteiger partial charge >= 0.3 is 23.8 Å². The molecule has 1 aromatic heterocycles. The number of carbonyl (C=O) groups is 4. The lowest BCUT2D eigenvalue weighted by Crippen LogP contribution is -2.37. The maximum absolute atomic E-state index is 12.2. The van der Waals surface area contributed by atoms with Crippen LogP contribution in [0.4, 0.5) is 0 Å². The van der Waals surface area contributed by atoms with Crippen LogP contribution in [0.3, 0.4) is 0 Å². The number of ether oxygens (including phenoxy) is 2. The van der Waals surface area contributed by atoms with Crippen molar-refractivity contribution in [2.75, 3.05) is 27.3 Å². The zero-order valence-electron chi connectivity index (χ0n) is 15.2. The molecule has 1 aromatic rings. The second-order valence-corrected chi connectivity index (χ2v) is 7.30. The molecule has 3 rings (SSSR count). The summed E-state index contributed by atoms with van der Waals surface area (Å²) < 4.78 is 9.07. The van der Waals surface area contributed by atoms with Crippen molar-refractivity contribution in [2.24, 2.45) is 0 Å². The van der Waals surface area contributed by atoms with E-state index in [9.17, 15) is 19.2 Å². The molecule has 2 unspecified atom stereocenters. The minimum atomic E-state index is -0.886. The van der Waals surface area contributed by atoms with E-state index in [0.717, 1.165) is 17.8 Å². The molecule has 2 aliphatic rings. The second-order valence-electron chi connectivity index (χ2n) is 6.41. The van der Waals surface area contributed by atoms with Gasteiger partial charge in [-0.1, -0.05) is 0 Å². The van der Waals surface area contributed by atoms with E-state index in [4.69, 9.17) is 0 Å². The van der Waals surface area contributed by atoms with Gasteiger partial charge in [0.15, 0.2) is 0 Å². The van der Waals surface area contributed by atoms with Crippen LogP contribution in [-0.2, 0) is 28.7 Å². The number of amides is 2. The average molecular weight is 395 g/mol. The Bertz CT molecular complexity index is 703. The summed E-state index contributed by atoms with van der Waals surface area (Å²) in [6.45, 7) is 0.950. The first-order valence-electron chi connectivity index (χ1n) is 8.71. The van der Waals surface area contributed by atoms with Gasteiger partial charge in [0.1, 0.15) is 5.01 Å². The van der Waals surface area contributed by atoms with Gasteiger partial charge in [-0.3, -0.25) is 9.59 Å². The molecule has 0 saturated carbocycles. The van der Waals surface area contributed by atoms with Crippen molar-refractivity contribution in [3.8, 4) is 0 Å². The van der Waals surface area contributed by atoms with E-state index < -0.39 is 23.8 Å². The molecule has 2 aliphatic heterocycles. The lowest BCUT2D eigenvalue weighted by atomic mass is 10.1. The first-order valence-corrected chi connectivity index (χ1v) is 9.59. The first-order chi connectivity index (χ1) is 13.0. The third-order valence-electron chi connectivity index (χ3n) is 4.91. The fourth-order valence-electron chi connectivity index (χ4n) is 3.60. The van der Waals surface area contributed by atoms with Gasteiger partial charge in [-0.05, 0) is 25.7 Å². The van der Waals surface area contributed by atoms with E-state index in [-0.39, 0.29) is 12.1 Å². The Morgan fingerprint density at radius 2 is 1.48 bits per heavy atom. The Morgan fingerprint density at radius 1 is 0.963 bits per heavy atom. The highest BCUT2D eigenvalue weighted by molar-refractivity contribution is 7.09. The van der Waals surface area contributed by atoms with E-state index in [1.54, 1.807) is 0 Å². The molecule has 0 aliphatic carbocycles. The van der Waals surface area contributed by atoms with Crippen LogP contribution in [0.5, 0.6) is 0 Å². The molecule has 2 fully saturated rings. The van der Waals surface area contributed by atoms with Crippen molar-refractivity contribution in [1.29, 1.82) is 0 Å². The lowest BCUT2D eigenvalue weighted by molar-refractivity contribution is -0.158. The molecule has 2 saturated heterocycles. The summed E-state index contributed by atoms with van der Waals surface area (Å²) in [5.41, 5.74) is 0.696. The van der Waals surface area contributed by atoms with E-state index in [1.165, 1.54) is 35.4 Å². The molecule has 0 aromatic carbocycles. The number of hydrogen-bond donors (Lipinski definition) is 0. The summed E-state index contributed by atoms with van der Waals surface area (Å²) in [5, 5.41) is 2.57. The zero-order valence-corrected chi connectivity index (χ0v) is 16.0. The third-order valence-corrected chi connectivity index (χ3v) is 5.88. The van der Waals surface area contributed by atoms with Crippen molar-refractivity contribution < 1.29 is 28.7 Å². The van der Waals surface area contributed by atoms with Gasteiger partial charge in [0.25, 0.3) is 0 Å². The normalized spacial score (nSPS) is 22.0. The van der Waals surface area contributed by atoms with Crippen LogP contribution in [0.1, 0.15) is 48.5 Å². The van der Waals surface area contributed by atoms with E-state index in [1.807, 2.05) is 5.38 Å². The van der Waals surface area contributed by atoms with E-state index in [2.05, 4.69) is 14.5 Å². The van der Waals surface area contributed by atoms with Crippen molar-refractivity contribution in [1.82, 2.24) is 14.8 Å². The van der Waals surface area contributed by atoms with Gasteiger partial charge in [-0.25, -0.2) is 14.6 Å². The molecule has 0 spiro atoms. The standard InChI is InChI=1S/C17H21N3O6S/c1-25-16(23)14(21)19-7-3-5-11(19)10-9-27-13(18-10)12-6-4-8-20(12)15(22)17(24)26-2/h9,11-12H,3-8H2,1-2H3. The predicted octanol–water partition coefficient (Wildman–Crippen LogP) is 0.816. The lowest BCUT2D eigenvalue weighted by Gasteiger charge is -2.23. The zero-order chi connectivity index (χ0) is 19.6. The Morgan fingerprint density at radius 3 is 2.04 bits per heavy atom. The van der Waals surface area contributed by atoms with Gasteiger partial charge in [0.2, 0.25) is 0 Å². The quantitative estimate of drug-likeness (QED) is 0.539. The van der Waals surface area contributed by atoms with Crippen LogP contribution in [0.25, 0.3) is 0 Å². The fraction of sp³-hybridized carbons (Fsp3) is 0.588. The summed E-state index contributed by atoms with van der Waals surface area (Å²) in [5.74, 6) is -3.11. The van der Waals surface area contributed by atoms with Crippen molar-refractivity contribution in [3.63, 3.8) is 0 Å². The fourth-order valence-corrected chi connectivity index (χ4v) is 4.61. The highest BCUT2D eigenvalue weighted by Crippen LogP contribution is 2.38. The van der Waals surface area contributed by atoms with Crippen LogP contribution >= 0.6 is 11.3 Å².